The molecule has 1 N–H and O–H groups in total. The van der Waals surface area contributed by atoms with Crippen molar-refractivity contribution in [2.24, 2.45) is 5.92 Å². The number of rotatable bonds is 2. The fraction of sp³-hybridized carbons (Fsp3) is 0.438. The fourth-order valence-corrected chi connectivity index (χ4v) is 4.13. The van der Waals surface area contributed by atoms with Crippen LogP contribution in [0.1, 0.15) is 23.3 Å². The molecule has 0 unspecified atom stereocenters. The highest BCUT2D eigenvalue weighted by Gasteiger charge is 2.40. The summed E-state index contributed by atoms with van der Waals surface area (Å²) in [5.41, 5.74) is 2.28. The van der Waals surface area contributed by atoms with Gasteiger partial charge < -0.3 is 9.80 Å². The Bertz CT molecular complexity index is 739. The number of aromatic nitrogens is 2. The zero-order valence-corrected chi connectivity index (χ0v) is 13.7. The molecule has 5 heterocycles. The highest BCUT2D eigenvalue weighted by Crippen LogP contribution is 2.29. The van der Waals surface area contributed by atoms with E-state index in [0.29, 0.717) is 18.8 Å². The molecule has 0 aliphatic carbocycles. The minimum atomic E-state index is -0.0704. The van der Waals surface area contributed by atoms with E-state index in [9.17, 15) is 9.59 Å². The van der Waals surface area contributed by atoms with E-state index in [1.165, 1.54) is 0 Å². The van der Waals surface area contributed by atoms with E-state index in [1.54, 1.807) is 22.3 Å². The van der Waals surface area contributed by atoms with Crippen LogP contribution in [0.4, 0.5) is 0 Å². The number of nitrogens with one attached hydrogen (secondary N) is 1. The van der Waals surface area contributed by atoms with Gasteiger partial charge in [-0.05, 0) is 30.4 Å². The normalized spacial score (nSPS) is 24.1. The molecule has 5 rings (SSSR count). The van der Waals surface area contributed by atoms with Crippen LogP contribution >= 0.6 is 11.3 Å². The van der Waals surface area contributed by atoms with E-state index in [4.69, 9.17) is 0 Å². The summed E-state index contributed by atoms with van der Waals surface area (Å²) in [6.07, 6.45) is 1.85. The smallest absolute Gasteiger partial charge is 0.271 e. The highest BCUT2D eigenvalue weighted by molar-refractivity contribution is 7.08. The van der Waals surface area contributed by atoms with E-state index in [-0.39, 0.29) is 23.8 Å². The van der Waals surface area contributed by atoms with Crippen molar-refractivity contribution in [2.75, 3.05) is 20.1 Å². The van der Waals surface area contributed by atoms with E-state index >= 15 is 0 Å². The minimum Gasteiger partial charge on any atom is -0.341 e. The van der Waals surface area contributed by atoms with Crippen LogP contribution in [0, 0.1) is 5.92 Å². The number of carbonyl (C=O) groups excluding carboxylic acids is 2. The third kappa shape index (κ3) is 2.45. The lowest BCUT2D eigenvalue weighted by molar-refractivity contribution is -0.138. The van der Waals surface area contributed by atoms with Gasteiger partial charge in [-0.25, -0.2) is 0 Å². The number of hydrogen-bond acceptors (Lipinski definition) is 4. The lowest BCUT2D eigenvalue weighted by Gasteiger charge is -2.32. The topological polar surface area (TPSA) is 69.3 Å². The molecule has 2 amide bonds. The molecule has 3 saturated heterocycles. The number of fused-ring (bicyclic) bond motifs is 4. The van der Waals surface area contributed by atoms with E-state index in [2.05, 4.69) is 10.2 Å². The SMILES string of the molecule is CN1C(=O)[C@@H]2CC[C@H]1CN(C(=O)c1cc(-c3ccsc3)n[nH]1)C2. The maximum Gasteiger partial charge on any atom is 0.271 e. The molecule has 3 fully saturated rings. The molecule has 2 aromatic rings. The number of aromatic amines is 1. The Kier molecular flexibility index (Phi) is 3.45. The van der Waals surface area contributed by atoms with Crippen molar-refractivity contribution in [1.82, 2.24) is 20.0 Å². The molecule has 0 saturated carbocycles. The van der Waals surface area contributed by atoms with Crippen molar-refractivity contribution in [3.05, 3.63) is 28.6 Å². The largest absolute Gasteiger partial charge is 0.341 e. The molecule has 2 aromatic heterocycles. The van der Waals surface area contributed by atoms with Gasteiger partial charge in [0, 0.05) is 37.1 Å². The fourth-order valence-electron chi connectivity index (χ4n) is 3.48. The summed E-state index contributed by atoms with van der Waals surface area (Å²) >= 11 is 1.60. The van der Waals surface area contributed by atoms with Crippen LogP contribution in [0.15, 0.2) is 22.9 Å². The zero-order chi connectivity index (χ0) is 16.0. The Balaban J connectivity index is 1.57. The number of H-pyrrole nitrogens is 1. The number of hydrogen-bond donors (Lipinski definition) is 1. The van der Waals surface area contributed by atoms with Crippen molar-refractivity contribution in [3.8, 4) is 11.3 Å². The summed E-state index contributed by atoms with van der Waals surface area (Å²) in [5.74, 6) is 0.0288. The van der Waals surface area contributed by atoms with Crippen molar-refractivity contribution < 1.29 is 9.59 Å². The molecule has 7 heteroatoms. The predicted octanol–water partition coefficient (Wildman–Crippen LogP) is 1.83. The summed E-state index contributed by atoms with van der Waals surface area (Å²) in [5, 5.41) is 11.1. The second-order valence-electron chi connectivity index (χ2n) is 6.27. The first kappa shape index (κ1) is 14.4. The summed E-state index contributed by atoms with van der Waals surface area (Å²) in [6.45, 7) is 1.11. The van der Waals surface area contributed by atoms with Crippen LogP contribution < -0.4 is 0 Å². The number of amides is 2. The van der Waals surface area contributed by atoms with E-state index < -0.39 is 0 Å². The zero-order valence-electron chi connectivity index (χ0n) is 12.9. The van der Waals surface area contributed by atoms with Crippen LogP contribution in [0.5, 0.6) is 0 Å². The second-order valence-corrected chi connectivity index (χ2v) is 7.05. The first-order chi connectivity index (χ1) is 11.1. The number of likely N-dealkylation sites (N-methyl/N-ethyl adjacent to an activating group) is 1. The van der Waals surface area contributed by atoms with Gasteiger partial charge in [0.2, 0.25) is 5.91 Å². The summed E-state index contributed by atoms with van der Waals surface area (Å²) < 4.78 is 0. The van der Waals surface area contributed by atoms with Crippen LogP contribution in [0.2, 0.25) is 0 Å². The lowest BCUT2D eigenvalue weighted by atomic mass is 9.95. The first-order valence-corrected chi connectivity index (χ1v) is 8.71. The van der Waals surface area contributed by atoms with Crippen molar-refractivity contribution in [1.29, 1.82) is 0 Å². The molecule has 2 bridgehead atoms. The maximum absolute atomic E-state index is 12.8. The van der Waals surface area contributed by atoms with Gasteiger partial charge in [0.05, 0.1) is 11.6 Å². The quantitative estimate of drug-likeness (QED) is 0.913. The van der Waals surface area contributed by atoms with Gasteiger partial charge in [-0.15, -0.1) is 0 Å². The standard InChI is InChI=1S/C16H18N4O2S/c1-19-12-3-2-10(15(19)21)7-20(8-12)16(22)14-6-13(17-18-14)11-4-5-23-9-11/h4-6,9-10,12H,2-3,7-8H2,1H3,(H,17,18)/t10-,12+/m1/s1. The maximum atomic E-state index is 12.8. The van der Waals surface area contributed by atoms with Crippen molar-refractivity contribution in [3.63, 3.8) is 0 Å². The Labute approximate surface area is 138 Å². The van der Waals surface area contributed by atoms with Gasteiger partial charge in [-0.1, -0.05) is 0 Å². The lowest BCUT2D eigenvalue weighted by Crippen LogP contribution is -2.45. The van der Waals surface area contributed by atoms with Gasteiger partial charge >= 0.3 is 0 Å². The Morgan fingerprint density at radius 1 is 1.39 bits per heavy atom. The molecular weight excluding hydrogens is 312 g/mol. The van der Waals surface area contributed by atoms with E-state index in [1.807, 2.05) is 28.8 Å². The number of thiophene rings is 1. The molecule has 6 nitrogen and oxygen atoms in total. The molecule has 0 spiro atoms. The third-order valence-electron chi connectivity index (χ3n) is 4.88. The van der Waals surface area contributed by atoms with Crippen molar-refractivity contribution >= 4 is 23.2 Å². The van der Waals surface area contributed by atoms with Gasteiger partial charge in [0.25, 0.3) is 5.91 Å². The summed E-state index contributed by atoms with van der Waals surface area (Å²) in [6, 6.07) is 3.90. The first-order valence-electron chi connectivity index (χ1n) is 7.77. The average Bonchev–Trinajstić information content (AvgIpc) is 3.17. The van der Waals surface area contributed by atoms with Gasteiger partial charge in [0.15, 0.2) is 0 Å². The number of piperidine rings is 1. The third-order valence-corrected chi connectivity index (χ3v) is 5.56. The molecule has 2 atom stereocenters. The van der Waals surface area contributed by atoms with Crippen molar-refractivity contribution in [2.45, 2.75) is 18.9 Å². The van der Waals surface area contributed by atoms with Gasteiger partial charge in [0.1, 0.15) is 5.69 Å². The molecule has 0 radical (unpaired) electrons. The van der Waals surface area contributed by atoms with Crippen LogP contribution in [-0.4, -0.2) is 58.0 Å². The Morgan fingerprint density at radius 3 is 3.04 bits per heavy atom. The molecular formula is C16H18N4O2S. The number of carbonyl (C=O) groups is 2. The Hall–Kier alpha value is -2.15. The van der Waals surface area contributed by atoms with Crippen LogP contribution in [0.3, 0.4) is 0 Å². The minimum absolute atomic E-state index is 0.0676. The molecule has 23 heavy (non-hydrogen) atoms. The number of nitrogens with zero attached hydrogens (tertiary/aromatic N) is 3. The molecule has 3 aliphatic rings. The molecule has 3 aliphatic heterocycles. The van der Waals surface area contributed by atoms with Crippen LogP contribution in [-0.2, 0) is 4.79 Å². The highest BCUT2D eigenvalue weighted by atomic mass is 32.1. The molecule has 0 aromatic carbocycles. The monoisotopic (exact) mass is 330 g/mol. The summed E-state index contributed by atoms with van der Waals surface area (Å²) in [7, 11) is 1.85. The Morgan fingerprint density at radius 2 is 2.26 bits per heavy atom. The molecule has 120 valence electrons. The predicted molar refractivity (Wildman–Crippen MR) is 87.1 cm³/mol. The van der Waals surface area contributed by atoms with Crippen LogP contribution in [0.25, 0.3) is 11.3 Å². The van der Waals surface area contributed by atoms with E-state index in [0.717, 1.165) is 24.1 Å². The average molecular weight is 330 g/mol. The summed E-state index contributed by atoms with van der Waals surface area (Å²) in [4.78, 5) is 28.6. The van der Waals surface area contributed by atoms with Gasteiger partial charge in [-0.2, -0.15) is 16.4 Å². The second kappa shape index (κ2) is 5.49. The van der Waals surface area contributed by atoms with Gasteiger partial charge in [-0.3, -0.25) is 14.7 Å².